The molecule has 8 heterocycles. The quantitative estimate of drug-likeness (QED) is 0.0761. The van der Waals surface area contributed by atoms with Crippen LogP contribution in [0.3, 0.4) is 0 Å². The maximum atomic E-state index is 2.61. The zero-order chi connectivity index (χ0) is 100. The minimum atomic E-state index is 0.221. The fourth-order valence-electron chi connectivity index (χ4n) is 28.0. The number of hydrogen-bond acceptors (Lipinski definition) is 4. The molecule has 0 spiro atoms. The molecule has 8 heteroatoms. The third kappa shape index (κ3) is 13.1. The van der Waals surface area contributed by atoms with E-state index in [-0.39, 0.29) is 5.92 Å². The molecule has 8 aromatic heterocycles. The van der Waals surface area contributed by atoms with E-state index >= 15 is 0 Å². The Morgan fingerprint density at radius 3 is 0.716 bits per heavy atom. The van der Waals surface area contributed by atoms with Crippen LogP contribution in [-0.4, -0.2) is 17.6 Å². The van der Waals surface area contributed by atoms with Gasteiger partial charge in [-0.3, -0.25) is 0 Å². The zero-order valence-corrected chi connectivity index (χ0v) is 86.5. The molecule has 0 amide bonds. The maximum Gasteiger partial charge on any atom is 0.0641 e. The lowest BCUT2D eigenvalue weighted by atomic mass is 9.86. The number of fused-ring (bicyclic) bond motifs is 24. The van der Waals surface area contributed by atoms with Gasteiger partial charge < -0.3 is 37.2 Å². The summed E-state index contributed by atoms with van der Waals surface area (Å²) < 4.78 is 10.3. The third-order valence-electron chi connectivity index (χ3n) is 33.2. The second kappa shape index (κ2) is 33.4. The van der Waals surface area contributed by atoms with Crippen molar-refractivity contribution in [2.75, 3.05) is 19.6 Å². The second-order valence-corrected chi connectivity index (χ2v) is 43.3. The molecule has 28 rings (SSSR count). The van der Waals surface area contributed by atoms with Crippen LogP contribution >= 0.6 is 0 Å². The van der Waals surface area contributed by atoms with E-state index in [1.807, 2.05) is 0 Å². The van der Waals surface area contributed by atoms with Gasteiger partial charge in [0.1, 0.15) is 0 Å². The lowest BCUT2D eigenvalue weighted by Gasteiger charge is -2.30. The van der Waals surface area contributed by atoms with Crippen molar-refractivity contribution in [1.82, 2.24) is 17.6 Å². The van der Waals surface area contributed by atoms with Gasteiger partial charge in [-0.05, 0) is 350 Å². The fourth-order valence-corrected chi connectivity index (χ4v) is 28.0. The number of aromatic nitrogens is 4. The molecule has 0 fully saturated rings. The monoisotopic (exact) mass is 1910 g/mol. The van der Waals surface area contributed by atoms with Crippen molar-refractivity contribution in [3.05, 3.63) is 455 Å². The van der Waals surface area contributed by atoms with E-state index in [0.29, 0.717) is 17.8 Å². The molecular formula is C140H114N8. The minimum absolute atomic E-state index is 0.221. The number of anilines is 12. The van der Waals surface area contributed by atoms with Crippen LogP contribution in [0.4, 0.5) is 68.2 Å². The number of hydrogen-bond donors (Lipinski definition) is 0. The molecule has 8 nitrogen and oxygen atoms in total. The van der Waals surface area contributed by atoms with Crippen molar-refractivity contribution in [2.45, 2.75) is 134 Å². The van der Waals surface area contributed by atoms with E-state index in [1.54, 1.807) is 0 Å². The van der Waals surface area contributed by atoms with E-state index in [2.05, 4.69) is 523 Å². The first kappa shape index (κ1) is 88.5. The standard InChI is InChI=1S/C140H114N8/c1-80(2)129-84(8)66-101(67-85(129)9)143(102-68-86(10)130(81(3)4)87(11)69-102)123-63-59-107-115-78-128-116(79-127(115)147-119-51-31-27-47-111(119)135(123)139(107)147)108-60-64-124(136-112-48-28-32-52-120(112)148(128)140(108)136)144(103-70-88(12)131(82(5)6)89(13)71-103)104-72-90(14)132(91(15)73-104)83(7)65-92-53-55-94(56-54-92)96-38-34-44-100(75-96)142(98-41-23-18-24-42-98)122-62-58-106-114-77-125-113(76-126(114)146-118-50-30-26-46-110(118)134(122)138(106)146)105-57-61-121(133-109-45-25-29-49-117(109)145(125)137(105)133)141(97-39-21-17-22-40-97)99-43-33-37-95(74-99)93-35-19-16-20-36-93/h16-64,66-83H,65H2,1-15H3. The summed E-state index contributed by atoms with van der Waals surface area (Å²) >= 11 is 0. The van der Waals surface area contributed by atoms with Crippen LogP contribution in [0.1, 0.15) is 144 Å². The number of para-hydroxylation sites is 6. The zero-order valence-electron chi connectivity index (χ0n) is 86.5. The molecule has 0 aliphatic rings. The molecule has 0 saturated heterocycles. The fraction of sp³-hybridized carbons (Fsp3) is 0.143. The van der Waals surface area contributed by atoms with Gasteiger partial charge in [-0.25, -0.2) is 0 Å². The third-order valence-corrected chi connectivity index (χ3v) is 33.2. The Morgan fingerprint density at radius 2 is 0.426 bits per heavy atom. The van der Waals surface area contributed by atoms with Crippen molar-refractivity contribution in [1.29, 1.82) is 0 Å². The average Bonchev–Trinajstić information content (AvgIpc) is 1.51. The SMILES string of the molecule is Cc1cc(N(c2cc(C)c(C(C)C)c(C)c2)c2ccc3c4cc5c(cc4n4c6ccccc6c2c34)c2ccc(N(c3cc(C)c(C(C)C)c(C)c3)c3cc(C)c(C(C)Cc4ccc(-c6cccc(N(c7ccccc7)c7ccc8c9cc%10c(cc9n9c%11ccccc%11c7c89)c7ccc(N(c8ccccc8)c8cccc(-c9ccccc9)c8)c8c9ccccc9n%10c78)c6)cc4)c(C)c3)c3c4ccccc4n5c23)cc(C)c1C(C)C. The predicted molar refractivity (Wildman–Crippen MR) is 633 cm³/mol. The van der Waals surface area contributed by atoms with Crippen molar-refractivity contribution < 1.29 is 0 Å². The van der Waals surface area contributed by atoms with Crippen LogP contribution in [0.15, 0.2) is 382 Å². The largest absolute Gasteiger partial charge is 0.310 e. The number of nitrogens with zero attached hydrogens (tertiary/aromatic N) is 8. The summed E-state index contributed by atoms with van der Waals surface area (Å²) in [4.78, 5) is 10.1. The number of aryl methyl sites for hydroxylation is 8. The lowest BCUT2D eigenvalue weighted by molar-refractivity contribution is 0.747. The summed E-state index contributed by atoms with van der Waals surface area (Å²) in [7, 11) is 0. The van der Waals surface area contributed by atoms with Gasteiger partial charge in [0.2, 0.25) is 0 Å². The minimum Gasteiger partial charge on any atom is -0.310 e. The first-order chi connectivity index (χ1) is 72.2. The Hall–Kier alpha value is -17.2. The van der Waals surface area contributed by atoms with Gasteiger partial charge in [0.25, 0.3) is 0 Å². The second-order valence-electron chi connectivity index (χ2n) is 43.3. The highest BCUT2D eigenvalue weighted by Gasteiger charge is 2.35. The molecule has 0 aliphatic carbocycles. The van der Waals surface area contributed by atoms with Gasteiger partial charge in [0.15, 0.2) is 0 Å². The molecule has 28 aromatic rings. The molecule has 1 unspecified atom stereocenters. The van der Waals surface area contributed by atoms with E-state index in [9.17, 15) is 0 Å². The Labute approximate surface area is 862 Å². The molecule has 1 atom stereocenters. The number of benzene rings is 20. The Morgan fingerprint density at radius 1 is 0.182 bits per heavy atom. The molecule has 714 valence electrons. The smallest absolute Gasteiger partial charge is 0.0641 e. The predicted octanol–water partition coefficient (Wildman–Crippen LogP) is 39.7. The van der Waals surface area contributed by atoms with E-state index in [4.69, 9.17) is 0 Å². The summed E-state index contributed by atoms with van der Waals surface area (Å²) in [5.74, 6) is 1.42. The topological polar surface area (TPSA) is 30.6 Å². The normalized spacial score (nSPS) is 12.6. The molecule has 0 aliphatic heterocycles. The summed E-state index contributed by atoms with van der Waals surface area (Å²) in [5, 5.41) is 19.8. The summed E-state index contributed by atoms with van der Waals surface area (Å²) in [5.41, 5.74) is 50.4. The first-order valence-corrected chi connectivity index (χ1v) is 52.9. The van der Waals surface area contributed by atoms with Gasteiger partial charge >= 0.3 is 0 Å². The van der Waals surface area contributed by atoms with Crippen molar-refractivity contribution in [3.63, 3.8) is 0 Å². The van der Waals surface area contributed by atoms with Gasteiger partial charge in [-0.15, -0.1) is 0 Å². The van der Waals surface area contributed by atoms with Crippen molar-refractivity contribution in [3.8, 4) is 22.3 Å². The van der Waals surface area contributed by atoms with Crippen LogP contribution in [0.5, 0.6) is 0 Å². The highest BCUT2D eigenvalue weighted by atomic mass is 15.2. The maximum absolute atomic E-state index is 2.61. The highest BCUT2D eigenvalue weighted by molar-refractivity contribution is 6.35. The van der Waals surface area contributed by atoms with Crippen LogP contribution in [-0.2, 0) is 6.42 Å². The molecule has 0 saturated carbocycles. The summed E-state index contributed by atoms with van der Waals surface area (Å²) in [6, 6.07) is 146. The van der Waals surface area contributed by atoms with Crippen LogP contribution in [0, 0.1) is 55.4 Å². The molecule has 0 radical (unpaired) electrons. The van der Waals surface area contributed by atoms with Gasteiger partial charge in [-0.2, -0.15) is 0 Å². The van der Waals surface area contributed by atoms with Crippen LogP contribution in [0.2, 0.25) is 0 Å². The van der Waals surface area contributed by atoms with Crippen LogP contribution in [0.25, 0.3) is 175 Å². The molecular weight excluding hydrogens is 1790 g/mol. The Balaban J connectivity index is 0.520. The molecule has 0 bridgehead atoms. The molecule has 148 heavy (non-hydrogen) atoms. The first-order valence-electron chi connectivity index (χ1n) is 52.9. The van der Waals surface area contributed by atoms with Crippen molar-refractivity contribution >= 4 is 221 Å². The average molecular weight is 1910 g/mol. The van der Waals surface area contributed by atoms with Gasteiger partial charge in [-0.1, -0.05) is 261 Å². The van der Waals surface area contributed by atoms with E-state index in [0.717, 1.165) is 57.5 Å². The number of rotatable bonds is 20. The summed E-state index contributed by atoms with van der Waals surface area (Å²) in [6.07, 6.45) is 0.887. The Kier molecular flexibility index (Phi) is 20.0. The Bertz CT molecular complexity index is 10200. The van der Waals surface area contributed by atoms with Crippen molar-refractivity contribution in [2.24, 2.45) is 0 Å². The van der Waals surface area contributed by atoms with Crippen LogP contribution < -0.4 is 19.6 Å². The van der Waals surface area contributed by atoms with Gasteiger partial charge in [0, 0.05) is 132 Å². The summed E-state index contributed by atoms with van der Waals surface area (Å²) in [6.45, 7) is 35.0. The molecule has 20 aromatic carbocycles. The molecule has 0 N–H and O–H groups in total. The highest BCUT2D eigenvalue weighted by Crippen LogP contribution is 2.57. The van der Waals surface area contributed by atoms with E-state index in [1.165, 1.54) is 264 Å². The van der Waals surface area contributed by atoms with Gasteiger partial charge in [0.05, 0.1) is 88.9 Å². The lowest BCUT2D eigenvalue weighted by Crippen LogP contribution is -2.14. The van der Waals surface area contributed by atoms with E-state index < -0.39 is 0 Å².